The summed E-state index contributed by atoms with van der Waals surface area (Å²) in [5, 5.41) is 3.28. The van der Waals surface area contributed by atoms with E-state index in [9.17, 15) is 8.42 Å². The Bertz CT molecular complexity index is 263. The molecule has 0 saturated heterocycles. The van der Waals surface area contributed by atoms with Crippen molar-refractivity contribution in [1.82, 2.24) is 10.0 Å². The van der Waals surface area contributed by atoms with E-state index in [-0.39, 0.29) is 5.75 Å². The summed E-state index contributed by atoms with van der Waals surface area (Å²) < 4.78 is 30.0. The van der Waals surface area contributed by atoms with Gasteiger partial charge in [-0.2, -0.15) is 0 Å². The van der Waals surface area contributed by atoms with Crippen molar-refractivity contribution in [2.45, 2.75) is 25.3 Å². The Hall–Kier alpha value is -0.170. The van der Waals surface area contributed by atoms with Crippen LogP contribution in [0.15, 0.2) is 0 Å². The first kappa shape index (κ1) is 12.9. The molecule has 1 aliphatic carbocycles. The maximum absolute atomic E-state index is 11.4. The van der Waals surface area contributed by atoms with Gasteiger partial charge in [0.15, 0.2) is 0 Å². The summed E-state index contributed by atoms with van der Waals surface area (Å²) in [7, 11) is -1.55. The Morgan fingerprint density at radius 3 is 2.67 bits per heavy atom. The van der Waals surface area contributed by atoms with Crippen molar-refractivity contribution in [3.63, 3.8) is 0 Å². The lowest BCUT2D eigenvalue weighted by Crippen LogP contribution is -2.31. The predicted molar refractivity (Wildman–Crippen MR) is 59.3 cm³/mol. The highest BCUT2D eigenvalue weighted by molar-refractivity contribution is 7.89. The van der Waals surface area contributed by atoms with E-state index in [1.807, 2.05) is 0 Å². The molecule has 5 nitrogen and oxygen atoms in total. The van der Waals surface area contributed by atoms with Gasteiger partial charge in [0.2, 0.25) is 10.0 Å². The Labute approximate surface area is 91.6 Å². The van der Waals surface area contributed by atoms with Gasteiger partial charge in [-0.15, -0.1) is 0 Å². The van der Waals surface area contributed by atoms with Gasteiger partial charge in [0, 0.05) is 19.7 Å². The van der Waals surface area contributed by atoms with Crippen molar-refractivity contribution in [3.8, 4) is 0 Å². The van der Waals surface area contributed by atoms with Crippen molar-refractivity contribution in [3.05, 3.63) is 0 Å². The number of methoxy groups -OCH3 is 1. The van der Waals surface area contributed by atoms with Crippen LogP contribution in [0, 0.1) is 0 Å². The summed E-state index contributed by atoms with van der Waals surface area (Å²) in [4.78, 5) is 0. The average molecular weight is 236 g/mol. The second kappa shape index (κ2) is 6.42. The summed E-state index contributed by atoms with van der Waals surface area (Å²) >= 11 is 0. The normalized spacial score (nSPS) is 16.9. The van der Waals surface area contributed by atoms with E-state index < -0.39 is 10.0 Å². The fourth-order valence-corrected chi connectivity index (χ4v) is 2.29. The van der Waals surface area contributed by atoms with Crippen LogP contribution in [0.1, 0.15) is 19.3 Å². The SMILES string of the molecule is COCCNS(=O)(=O)CCCNC1CC1. The van der Waals surface area contributed by atoms with E-state index in [1.54, 1.807) is 7.11 Å². The van der Waals surface area contributed by atoms with Crippen LogP contribution in [0.3, 0.4) is 0 Å². The molecular formula is C9H20N2O3S. The molecule has 0 spiro atoms. The Morgan fingerprint density at radius 1 is 1.33 bits per heavy atom. The molecule has 0 aromatic carbocycles. The first-order valence-corrected chi connectivity index (χ1v) is 6.99. The van der Waals surface area contributed by atoms with Crippen LogP contribution < -0.4 is 10.0 Å². The highest BCUT2D eigenvalue weighted by atomic mass is 32.2. The van der Waals surface area contributed by atoms with Gasteiger partial charge >= 0.3 is 0 Å². The van der Waals surface area contributed by atoms with E-state index in [0.717, 1.165) is 6.54 Å². The molecule has 0 heterocycles. The molecule has 0 atom stereocenters. The fourth-order valence-electron chi connectivity index (χ4n) is 1.23. The van der Waals surface area contributed by atoms with Crippen molar-refractivity contribution >= 4 is 10.0 Å². The first-order valence-electron chi connectivity index (χ1n) is 5.34. The number of hydrogen-bond acceptors (Lipinski definition) is 4. The zero-order valence-corrected chi connectivity index (χ0v) is 9.98. The van der Waals surface area contributed by atoms with Crippen molar-refractivity contribution < 1.29 is 13.2 Å². The van der Waals surface area contributed by atoms with Crippen molar-refractivity contribution in [1.29, 1.82) is 0 Å². The van der Waals surface area contributed by atoms with Crippen LogP contribution in [0.4, 0.5) is 0 Å². The molecular weight excluding hydrogens is 216 g/mol. The van der Waals surface area contributed by atoms with Crippen molar-refractivity contribution in [2.75, 3.05) is 32.6 Å². The van der Waals surface area contributed by atoms with Crippen LogP contribution in [0.5, 0.6) is 0 Å². The molecule has 0 aromatic heterocycles. The first-order chi connectivity index (χ1) is 7.14. The van der Waals surface area contributed by atoms with Gasteiger partial charge < -0.3 is 10.1 Å². The molecule has 1 aliphatic rings. The highest BCUT2D eigenvalue weighted by Crippen LogP contribution is 2.18. The molecule has 0 aromatic rings. The van der Waals surface area contributed by atoms with E-state index in [1.165, 1.54) is 12.8 Å². The Morgan fingerprint density at radius 2 is 2.07 bits per heavy atom. The van der Waals surface area contributed by atoms with Crippen LogP contribution in [0.25, 0.3) is 0 Å². The van der Waals surface area contributed by atoms with Gasteiger partial charge in [-0.25, -0.2) is 13.1 Å². The van der Waals surface area contributed by atoms with E-state index in [0.29, 0.717) is 25.6 Å². The minimum absolute atomic E-state index is 0.191. The molecule has 1 fully saturated rings. The standard InChI is InChI=1S/C9H20N2O3S/c1-14-7-6-11-15(12,13)8-2-5-10-9-3-4-9/h9-11H,2-8H2,1H3. The smallest absolute Gasteiger partial charge is 0.211 e. The van der Waals surface area contributed by atoms with Gasteiger partial charge in [0.05, 0.1) is 12.4 Å². The molecule has 0 amide bonds. The molecule has 0 unspecified atom stereocenters. The third kappa shape index (κ3) is 6.83. The lowest BCUT2D eigenvalue weighted by atomic mass is 10.5. The minimum atomic E-state index is -3.10. The second-order valence-corrected chi connectivity index (χ2v) is 5.71. The summed E-state index contributed by atoms with van der Waals surface area (Å²) in [6.45, 7) is 1.56. The average Bonchev–Trinajstić information content (AvgIpc) is 2.96. The van der Waals surface area contributed by atoms with Crippen LogP contribution >= 0.6 is 0 Å². The summed E-state index contributed by atoms with van der Waals surface area (Å²) in [6, 6.07) is 0.647. The predicted octanol–water partition coefficient (Wildman–Crippen LogP) is -0.306. The monoisotopic (exact) mass is 236 g/mol. The highest BCUT2D eigenvalue weighted by Gasteiger charge is 2.20. The zero-order valence-electron chi connectivity index (χ0n) is 9.16. The van der Waals surface area contributed by atoms with Gasteiger partial charge in [-0.1, -0.05) is 0 Å². The number of hydrogen-bond donors (Lipinski definition) is 2. The molecule has 0 aliphatic heterocycles. The largest absolute Gasteiger partial charge is 0.383 e. The quantitative estimate of drug-likeness (QED) is 0.539. The van der Waals surface area contributed by atoms with E-state index in [2.05, 4.69) is 10.0 Å². The molecule has 1 rings (SSSR count). The Balaban J connectivity index is 2.00. The van der Waals surface area contributed by atoms with Gasteiger partial charge in [0.1, 0.15) is 0 Å². The third-order valence-electron chi connectivity index (χ3n) is 2.23. The number of nitrogens with one attached hydrogen (secondary N) is 2. The third-order valence-corrected chi connectivity index (χ3v) is 3.70. The second-order valence-electron chi connectivity index (χ2n) is 3.79. The van der Waals surface area contributed by atoms with E-state index >= 15 is 0 Å². The molecule has 6 heteroatoms. The summed E-state index contributed by atoms with van der Waals surface area (Å²) in [5.41, 5.74) is 0. The van der Waals surface area contributed by atoms with Crippen LogP contribution in [-0.4, -0.2) is 47.0 Å². The molecule has 15 heavy (non-hydrogen) atoms. The number of sulfonamides is 1. The zero-order chi connectivity index (χ0) is 11.1. The Kier molecular flexibility index (Phi) is 5.52. The van der Waals surface area contributed by atoms with Gasteiger partial charge in [0.25, 0.3) is 0 Å². The number of rotatable bonds is 9. The summed E-state index contributed by atoms with van der Waals surface area (Å²) in [6.07, 6.45) is 3.14. The van der Waals surface area contributed by atoms with Crippen LogP contribution in [0.2, 0.25) is 0 Å². The summed E-state index contributed by atoms with van der Waals surface area (Å²) in [5.74, 6) is 0.191. The lowest BCUT2D eigenvalue weighted by molar-refractivity contribution is 0.204. The van der Waals surface area contributed by atoms with Gasteiger partial charge in [-0.3, -0.25) is 0 Å². The minimum Gasteiger partial charge on any atom is -0.383 e. The van der Waals surface area contributed by atoms with Crippen molar-refractivity contribution in [2.24, 2.45) is 0 Å². The maximum atomic E-state index is 11.4. The molecule has 0 bridgehead atoms. The van der Waals surface area contributed by atoms with E-state index in [4.69, 9.17) is 4.74 Å². The van der Waals surface area contributed by atoms with Crippen LogP contribution in [-0.2, 0) is 14.8 Å². The molecule has 90 valence electrons. The number of ether oxygens (including phenoxy) is 1. The van der Waals surface area contributed by atoms with Gasteiger partial charge in [-0.05, 0) is 25.8 Å². The topological polar surface area (TPSA) is 67.4 Å². The fraction of sp³-hybridized carbons (Fsp3) is 1.00. The lowest BCUT2D eigenvalue weighted by Gasteiger charge is -2.06. The molecule has 1 saturated carbocycles. The maximum Gasteiger partial charge on any atom is 0.211 e. The molecule has 0 radical (unpaired) electrons. The molecule has 2 N–H and O–H groups in total.